The van der Waals surface area contributed by atoms with E-state index in [2.05, 4.69) is 5.32 Å². The van der Waals surface area contributed by atoms with Gasteiger partial charge in [-0.1, -0.05) is 0 Å². The monoisotopic (exact) mass is 402 g/mol. The first kappa shape index (κ1) is 23.2. The van der Waals surface area contributed by atoms with Crippen LogP contribution in [0.1, 0.15) is 18.0 Å². The molecule has 0 aromatic heterocycles. The summed E-state index contributed by atoms with van der Waals surface area (Å²) in [7, 11) is 0. The molecule has 11 heteroatoms. The van der Waals surface area contributed by atoms with Crippen LogP contribution in [-0.2, 0) is 0 Å². The van der Waals surface area contributed by atoms with Crippen LogP contribution < -0.4 is 5.32 Å². The van der Waals surface area contributed by atoms with E-state index in [0.717, 1.165) is 0 Å². The maximum Gasteiger partial charge on any atom is 0.390 e. The highest BCUT2D eigenvalue weighted by molar-refractivity contribution is 5.85. The van der Waals surface area contributed by atoms with Gasteiger partial charge in [0, 0.05) is 43.9 Å². The molecule has 0 unspecified atom stereocenters. The van der Waals surface area contributed by atoms with Crippen molar-refractivity contribution >= 4 is 24.8 Å². The third-order valence-corrected chi connectivity index (χ3v) is 3.50. The molecule has 24 heavy (non-hydrogen) atoms. The van der Waals surface area contributed by atoms with Crippen molar-refractivity contribution in [2.75, 3.05) is 26.2 Å². The van der Waals surface area contributed by atoms with Crippen LogP contribution >= 0.6 is 24.8 Å². The molecule has 0 amide bonds. The van der Waals surface area contributed by atoms with Gasteiger partial charge in [-0.15, -0.1) is 24.8 Å². The molecule has 0 spiro atoms. The molecule has 0 bridgehead atoms. The van der Waals surface area contributed by atoms with E-state index in [9.17, 15) is 30.7 Å². The van der Waals surface area contributed by atoms with E-state index in [1.54, 1.807) is 0 Å². The van der Waals surface area contributed by atoms with Gasteiger partial charge in [0.05, 0.1) is 6.42 Å². The molecule has 1 aromatic carbocycles. The van der Waals surface area contributed by atoms with E-state index < -0.39 is 47.5 Å². The number of nitrogens with one attached hydrogen (secondary N) is 1. The Labute approximate surface area is 146 Å². The van der Waals surface area contributed by atoms with Gasteiger partial charge in [0.2, 0.25) is 0 Å². The van der Waals surface area contributed by atoms with Crippen molar-refractivity contribution < 1.29 is 30.7 Å². The van der Waals surface area contributed by atoms with Gasteiger partial charge in [-0.2, -0.15) is 13.2 Å². The Hall–Kier alpha value is -0.770. The van der Waals surface area contributed by atoms with E-state index in [1.165, 1.54) is 4.90 Å². The molecule has 1 atom stereocenters. The molecule has 1 heterocycles. The Kier molecular flexibility index (Phi) is 8.78. The largest absolute Gasteiger partial charge is 0.390 e. The molecule has 140 valence electrons. The normalized spacial score (nSPS) is 17.0. The van der Waals surface area contributed by atoms with Crippen LogP contribution in [0.15, 0.2) is 6.07 Å². The quantitative estimate of drug-likeness (QED) is 0.607. The topological polar surface area (TPSA) is 15.3 Å². The van der Waals surface area contributed by atoms with Gasteiger partial charge in [0.15, 0.2) is 23.3 Å². The number of hydrogen-bond donors (Lipinski definition) is 1. The molecule has 1 aliphatic rings. The first-order valence-electron chi connectivity index (χ1n) is 6.55. The molecule has 1 fully saturated rings. The van der Waals surface area contributed by atoms with Crippen LogP contribution in [-0.4, -0.2) is 37.3 Å². The number of rotatable bonds is 3. The second-order valence-electron chi connectivity index (χ2n) is 5.00. The van der Waals surface area contributed by atoms with Crippen molar-refractivity contribution in [1.29, 1.82) is 0 Å². The Morgan fingerprint density at radius 1 is 0.958 bits per heavy atom. The van der Waals surface area contributed by atoms with Gasteiger partial charge < -0.3 is 5.32 Å². The highest BCUT2D eigenvalue weighted by Crippen LogP contribution is 2.37. The molecule has 1 aliphatic heterocycles. The summed E-state index contributed by atoms with van der Waals surface area (Å²) >= 11 is 0. The lowest BCUT2D eigenvalue weighted by atomic mass is 9.99. The molecule has 0 radical (unpaired) electrons. The minimum atomic E-state index is -4.74. The molecule has 2 rings (SSSR count). The molecular formula is C13H15Cl2F7N2. The zero-order valence-corrected chi connectivity index (χ0v) is 13.7. The van der Waals surface area contributed by atoms with Crippen LogP contribution in [0, 0.1) is 23.3 Å². The van der Waals surface area contributed by atoms with Gasteiger partial charge in [-0.25, -0.2) is 17.6 Å². The average Bonchev–Trinajstić information content (AvgIpc) is 2.44. The standard InChI is InChI=1S/C13H13F7N2.2ClH/c14-7-5-8(15)12(17)10(11(7)16)9(6-13(18,19)20)22-3-1-21-2-4-22;;/h5,9,21H,1-4,6H2;2*1H/t9-;;/m0../s1. The fourth-order valence-electron chi connectivity index (χ4n) is 2.51. The summed E-state index contributed by atoms with van der Waals surface area (Å²) in [5.41, 5.74) is -1.21. The number of alkyl halides is 3. The van der Waals surface area contributed by atoms with Crippen molar-refractivity contribution in [3.63, 3.8) is 0 Å². The minimum Gasteiger partial charge on any atom is -0.314 e. The molecule has 2 nitrogen and oxygen atoms in total. The van der Waals surface area contributed by atoms with Crippen LogP contribution in [0.25, 0.3) is 0 Å². The Balaban J connectivity index is 0.00000264. The Bertz CT molecular complexity index is 522. The lowest BCUT2D eigenvalue weighted by Crippen LogP contribution is -2.46. The number of nitrogens with zero attached hydrogens (tertiary/aromatic N) is 1. The SMILES string of the molecule is Cl.Cl.Fc1cc(F)c(F)c([C@H](CC(F)(F)F)N2CCNCC2)c1F. The predicted molar refractivity (Wildman–Crippen MR) is 78.6 cm³/mol. The van der Waals surface area contributed by atoms with E-state index in [-0.39, 0.29) is 44.0 Å². The van der Waals surface area contributed by atoms with Gasteiger partial charge in [-0.3, -0.25) is 4.90 Å². The second-order valence-corrected chi connectivity index (χ2v) is 5.00. The fourth-order valence-corrected chi connectivity index (χ4v) is 2.51. The van der Waals surface area contributed by atoms with Crippen LogP contribution in [0.3, 0.4) is 0 Å². The molecule has 1 saturated heterocycles. The van der Waals surface area contributed by atoms with E-state index in [1.807, 2.05) is 0 Å². The van der Waals surface area contributed by atoms with Crippen molar-refractivity contribution in [2.45, 2.75) is 18.6 Å². The van der Waals surface area contributed by atoms with Gasteiger partial charge in [-0.05, 0) is 0 Å². The smallest absolute Gasteiger partial charge is 0.314 e. The summed E-state index contributed by atoms with van der Waals surface area (Å²) in [4.78, 5) is 1.17. The zero-order valence-electron chi connectivity index (χ0n) is 12.1. The Morgan fingerprint density at radius 3 is 1.83 bits per heavy atom. The van der Waals surface area contributed by atoms with E-state index in [0.29, 0.717) is 13.1 Å². The maximum atomic E-state index is 13.8. The van der Waals surface area contributed by atoms with Crippen LogP contribution in [0.5, 0.6) is 0 Å². The van der Waals surface area contributed by atoms with Crippen molar-refractivity contribution in [2.24, 2.45) is 0 Å². The lowest BCUT2D eigenvalue weighted by Gasteiger charge is -2.35. The van der Waals surface area contributed by atoms with Crippen molar-refractivity contribution in [1.82, 2.24) is 10.2 Å². The maximum absolute atomic E-state index is 13.8. The number of hydrogen-bond acceptors (Lipinski definition) is 2. The minimum absolute atomic E-state index is 0. The third kappa shape index (κ3) is 5.37. The van der Waals surface area contributed by atoms with Crippen molar-refractivity contribution in [3.8, 4) is 0 Å². The summed E-state index contributed by atoms with van der Waals surface area (Å²) in [5, 5.41) is 2.88. The molecule has 0 aliphatic carbocycles. The van der Waals surface area contributed by atoms with Gasteiger partial charge in [0.25, 0.3) is 0 Å². The molecular weight excluding hydrogens is 388 g/mol. The Morgan fingerprint density at radius 2 is 1.42 bits per heavy atom. The summed E-state index contributed by atoms with van der Waals surface area (Å²) in [5.74, 6) is -6.99. The lowest BCUT2D eigenvalue weighted by molar-refractivity contribution is -0.149. The first-order chi connectivity index (χ1) is 10.2. The first-order valence-corrected chi connectivity index (χ1v) is 6.55. The summed E-state index contributed by atoms with van der Waals surface area (Å²) in [6.45, 7) is 0.792. The summed E-state index contributed by atoms with van der Waals surface area (Å²) in [6.07, 6.45) is -6.33. The summed E-state index contributed by atoms with van der Waals surface area (Å²) < 4.78 is 92.4. The van der Waals surface area contributed by atoms with Crippen LogP contribution in [0.4, 0.5) is 30.7 Å². The number of benzene rings is 1. The molecule has 0 saturated carbocycles. The fraction of sp³-hybridized carbons (Fsp3) is 0.538. The molecule has 1 aromatic rings. The zero-order chi connectivity index (χ0) is 16.5. The summed E-state index contributed by atoms with van der Waals surface area (Å²) in [6, 6.07) is -1.83. The number of halogens is 9. The average molecular weight is 403 g/mol. The second kappa shape index (κ2) is 9.07. The van der Waals surface area contributed by atoms with E-state index in [4.69, 9.17) is 0 Å². The highest BCUT2D eigenvalue weighted by atomic mass is 35.5. The van der Waals surface area contributed by atoms with E-state index >= 15 is 0 Å². The highest BCUT2D eigenvalue weighted by Gasteiger charge is 2.39. The molecule has 1 N–H and O–H groups in total. The van der Waals surface area contributed by atoms with Gasteiger partial charge in [0.1, 0.15) is 0 Å². The van der Waals surface area contributed by atoms with Crippen LogP contribution in [0.2, 0.25) is 0 Å². The third-order valence-electron chi connectivity index (χ3n) is 3.50. The van der Waals surface area contributed by atoms with Gasteiger partial charge >= 0.3 is 6.18 Å². The van der Waals surface area contributed by atoms with Crippen molar-refractivity contribution in [3.05, 3.63) is 34.9 Å². The predicted octanol–water partition coefficient (Wildman–Crippen LogP) is 3.99. The number of piperazine rings is 1.